The van der Waals surface area contributed by atoms with Gasteiger partial charge in [-0.25, -0.2) is 0 Å². The molecule has 2 atom stereocenters. The summed E-state index contributed by atoms with van der Waals surface area (Å²) < 4.78 is 0. The normalized spacial score (nSPS) is 26.6. The van der Waals surface area contributed by atoms with Crippen molar-refractivity contribution in [3.63, 3.8) is 0 Å². The van der Waals surface area contributed by atoms with Crippen LogP contribution in [0, 0.1) is 24.0 Å². The monoisotopic (exact) mass is 714 g/mol. The summed E-state index contributed by atoms with van der Waals surface area (Å²) in [5.74, 6) is 1.49. The second-order valence-corrected chi connectivity index (χ2v) is 21.3. The molecule has 0 amide bonds. The number of allylic oxidation sites excluding steroid dienone is 16. The zero-order valence-electron chi connectivity index (χ0n) is 23.4. The van der Waals surface area contributed by atoms with E-state index < -0.39 is 0 Å². The fraction of sp³-hybridized carbons (Fsp3) is 0.515. The van der Waals surface area contributed by atoms with Crippen molar-refractivity contribution < 1.29 is 47.8 Å². The van der Waals surface area contributed by atoms with Gasteiger partial charge in [0.05, 0.1) is 0 Å². The van der Waals surface area contributed by atoms with E-state index in [0.29, 0.717) is 5.49 Å². The van der Waals surface area contributed by atoms with Crippen LogP contribution in [0.5, 0.6) is 0 Å². The Kier molecular flexibility index (Phi) is 10.8. The summed E-state index contributed by atoms with van der Waals surface area (Å²) >= 11 is 1.56. The van der Waals surface area contributed by atoms with Gasteiger partial charge in [-0.15, -0.1) is 45.6 Å². The van der Waals surface area contributed by atoms with Crippen molar-refractivity contribution >= 4 is 5.49 Å². The Morgan fingerprint density at radius 3 is 1.38 bits per heavy atom. The summed E-state index contributed by atoms with van der Waals surface area (Å²) in [6.07, 6.45) is 21.3. The van der Waals surface area contributed by atoms with Crippen LogP contribution in [-0.4, -0.2) is 5.49 Å². The molecule has 2 saturated carbocycles. The molecule has 196 valence electrons. The van der Waals surface area contributed by atoms with E-state index in [4.69, 9.17) is 0 Å². The van der Waals surface area contributed by atoms with E-state index in [1.807, 2.05) is 0 Å². The van der Waals surface area contributed by atoms with Crippen LogP contribution < -0.4 is 24.8 Å². The SMILES string of the molecule is CC1=[C-]C2=C(C)C3CCCC3=C(C)C2=C1.CC1=[C-]C2=C(C)C3CCCC3=C(C)C2=C1.[Cl-].[Cl-].[Hf+2]=[Si]1CCC1. The van der Waals surface area contributed by atoms with Gasteiger partial charge in [-0.3, -0.25) is 0 Å². The molecule has 0 nitrogen and oxygen atoms in total. The molecule has 1 saturated heterocycles. The minimum atomic E-state index is 0. The van der Waals surface area contributed by atoms with Gasteiger partial charge in [-0.2, -0.15) is 23.3 Å². The molecule has 0 radical (unpaired) electrons. The molecule has 0 N–H and O–H groups in total. The Morgan fingerprint density at radius 1 is 0.676 bits per heavy atom. The maximum atomic E-state index is 3.52. The molecular weight excluding hydrogens is 674 g/mol. The van der Waals surface area contributed by atoms with Gasteiger partial charge in [0.2, 0.25) is 0 Å². The van der Waals surface area contributed by atoms with Gasteiger partial charge in [0.15, 0.2) is 0 Å². The maximum absolute atomic E-state index is 3.52. The summed E-state index contributed by atoms with van der Waals surface area (Å²) in [5, 5.41) is 0. The fourth-order valence-corrected chi connectivity index (χ4v) is 11.5. The molecule has 0 bridgehead atoms. The second-order valence-electron chi connectivity index (χ2n) is 11.5. The fourth-order valence-electron chi connectivity index (χ4n) is 6.98. The molecule has 6 aliphatic carbocycles. The number of rotatable bonds is 0. The topological polar surface area (TPSA) is 0 Å². The summed E-state index contributed by atoms with van der Waals surface area (Å²) in [6.45, 7) is 13.5. The Bertz CT molecular complexity index is 1150. The number of fused-ring (bicyclic) bond motifs is 4. The van der Waals surface area contributed by atoms with Gasteiger partial charge < -0.3 is 24.8 Å². The summed E-state index contributed by atoms with van der Waals surface area (Å²) in [6, 6.07) is 3.30. The second kappa shape index (κ2) is 12.8. The first-order valence-corrected chi connectivity index (χ1v) is 21.1. The van der Waals surface area contributed by atoms with E-state index in [-0.39, 0.29) is 24.8 Å². The molecule has 37 heavy (non-hydrogen) atoms. The quantitative estimate of drug-likeness (QED) is 0.268. The average molecular weight is 714 g/mol. The Balaban J connectivity index is 0.000000166. The number of hydrogen-bond acceptors (Lipinski definition) is 0. The molecule has 1 aliphatic heterocycles. The van der Waals surface area contributed by atoms with Crippen LogP contribution in [0.15, 0.2) is 79.0 Å². The first kappa shape index (κ1) is 31.1. The summed E-state index contributed by atoms with van der Waals surface area (Å²) in [5.41, 5.74) is 18.4. The van der Waals surface area contributed by atoms with Gasteiger partial charge in [0, 0.05) is 0 Å². The van der Waals surface area contributed by atoms with Crippen LogP contribution >= 0.6 is 0 Å². The predicted octanol–water partition coefficient (Wildman–Crippen LogP) is 3.18. The first-order valence-electron chi connectivity index (χ1n) is 13.8. The Morgan fingerprint density at radius 2 is 1.05 bits per heavy atom. The van der Waals surface area contributed by atoms with Crippen molar-refractivity contribution in [1.82, 2.24) is 0 Å². The van der Waals surface area contributed by atoms with Crippen molar-refractivity contribution in [3.8, 4) is 0 Å². The Labute approximate surface area is 253 Å². The molecule has 1 heterocycles. The van der Waals surface area contributed by atoms with Gasteiger partial charge in [-0.05, 0) is 51.4 Å². The Hall–Kier alpha value is -0.413. The molecule has 0 spiro atoms. The van der Waals surface area contributed by atoms with Gasteiger partial charge in [0.25, 0.3) is 0 Å². The van der Waals surface area contributed by atoms with E-state index in [2.05, 4.69) is 65.8 Å². The van der Waals surface area contributed by atoms with Crippen LogP contribution in [0.25, 0.3) is 0 Å². The van der Waals surface area contributed by atoms with E-state index >= 15 is 0 Å². The van der Waals surface area contributed by atoms with Crippen LogP contribution in [0.1, 0.15) is 86.5 Å². The third-order valence-electron chi connectivity index (χ3n) is 9.19. The van der Waals surface area contributed by atoms with Crippen molar-refractivity contribution in [2.45, 2.75) is 98.6 Å². The van der Waals surface area contributed by atoms with Gasteiger partial charge in [-0.1, -0.05) is 62.8 Å². The third-order valence-corrected chi connectivity index (χ3v) is 16.5. The average Bonchev–Trinajstić information content (AvgIpc) is 3.60. The van der Waals surface area contributed by atoms with Crippen LogP contribution in [0.2, 0.25) is 12.1 Å². The van der Waals surface area contributed by atoms with Crippen LogP contribution in [0.3, 0.4) is 0 Å². The minimum absolute atomic E-state index is 0. The third kappa shape index (κ3) is 6.03. The van der Waals surface area contributed by atoms with Crippen molar-refractivity contribution in [2.75, 3.05) is 0 Å². The van der Waals surface area contributed by atoms with Crippen molar-refractivity contribution in [1.29, 1.82) is 0 Å². The van der Waals surface area contributed by atoms with Crippen molar-refractivity contribution in [3.05, 3.63) is 91.2 Å². The van der Waals surface area contributed by atoms with Crippen molar-refractivity contribution in [2.24, 2.45) is 11.8 Å². The van der Waals surface area contributed by atoms with Crippen LogP contribution in [0.4, 0.5) is 0 Å². The van der Waals surface area contributed by atoms with Gasteiger partial charge >= 0.3 is 47.0 Å². The van der Waals surface area contributed by atoms with E-state index in [1.54, 1.807) is 74.9 Å². The molecule has 7 rings (SSSR count). The molecule has 0 aromatic heterocycles. The zero-order valence-corrected chi connectivity index (χ0v) is 29.5. The molecule has 3 fully saturated rings. The number of halogens is 2. The molecule has 0 aromatic rings. The summed E-state index contributed by atoms with van der Waals surface area (Å²) in [4.78, 5) is 0. The molecule has 4 heteroatoms. The van der Waals surface area contributed by atoms with Crippen LogP contribution in [-0.2, 0) is 23.0 Å². The number of hydrogen-bond donors (Lipinski definition) is 0. The van der Waals surface area contributed by atoms with E-state index in [9.17, 15) is 0 Å². The standard InChI is InChI=1S/2C15H17.C3H6Si.2ClH.Hf/c2*1-9-7-14-10(2)12-5-4-6-13(12)11(3)15(14)8-9;1-2-4-3-1;;;/h2*7,13H,4-6H2,1-3H3;1-3H2;2*1H;/q2*-1;;;;+2/p-2. The van der Waals surface area contributed by atoms with E-state index in [0.717, 1.165) is 11.8 Å². The summed E-state index contributed by atoms with van der Waals surface area (Å²) in [7, 11) is 0. The molecule has 7 aliphatic rings. The predicted molar refractivity (Wildman–Crippen MR) is 146 cm³/mol. The molecular formula is C33H40Cl2HfSi-2. The molecule has 0 aromatic carbocycles. The molecule has 2 unspecified atom stereocenters. The zero-order chi connectivity index (χ0) is 24.9. The van der Waals surface area contributed by atoms with E-state index in [1.165, 1.54) is 72.0 Å². The van der Waals surface area contributed by atoms with Gasteiger partial charge in [0.1, 0.15) is 0 Å². The first-order chi connectivity index (χ1) is 16.8.